The van der Waals surface area contributed by atoms with Gasteiger partial charge < -0.3 is 4.98 Å². The summed E-state index contributed by atoms with van der Waals surface area (Å²) in [6, 6.07) is 4.37. The molecular formula is C10H5BrClFN2S. The van der Waals surface area contributed by atoms with Crippen LogP contribution in [0.4, 0.5) is 4.39 Å². The van der Waals surface area contributed by atoms with E-state index < -0.39 is 5.82 Å². The standard InChI is InChI=1S/C10H5BrClFN2S/c11-6-4-14-9(15-10(6)16)5-1-2-8(13)7(12)3-5/h1-4H,(H,14,15,16). The summed E-state index contributed by atoms with van der Waals surface area (Å²) in [5.41, 5.74) is 0.685. The van der Waals surface area contributed by atoms with Crippen molar-refractivity contribution in [3.05, 3.63) is 44.3 Å². The maximum absolute atomic E-state index is 13.0. The lowest BCUT2D eigenvalue weighted by Crippen LogP contribution is -1.90. The lowest BCUT2D eigenvalue weighted by atomic mass is 10.2. The number of rotatable bonds is 1. The molecule has 0 aliphatic carbocycles. The summed E-state index contributed by atoms with van der Waals surface area (Å²) in [5, 5.41) is 0.0570. The Kier molecular flexibility index (Phi) is 3.37. The zero-order chi connectivity index (χ0) is 11.7. The van der Waals surface area contributed by atoms with Gasteiger partial charge in [0.05, 0.1) is 9.50 Å². The molecule has 0 bridgehead atoms. The molecule has 1 heterocycles. The Bertz CT molecular complexity index is 600. The van der Waals surface area contributed by atoms with Crippen molar-refractivity contribution < 1.29 is 4.39 Å². The Labute approximate surface area is 110 Å². The molecule has 0 unspecified atom stereocenters. The van der Waals surface area contributed by atoms with Crippen molar-refractivity contribution in [1.82, 2.24) is 9.97 Å². The van der Waals surface area contributed by atoms with Gasteiger partial charge in [0.25, 0.3) is 0 Å². The Morgan fingerprint density at radius 3 is 2.81 bits per heavy atom. The molecule has 6 heteroatoms. The second-order valence-electron chi connectivity index (χ2n) is 3.04. The van der Waals surface area contributed by atoms with E-state index in [0.717, 1.165) is 0 Å². The highest BCUT2D eigenvalue weighted by molar-refractivity contribution is 9.10. The number of nitrogens with one attached hydrogen (secondary N) is 1. The minimum absolute atomic E-state index is 0.0570. The molecule has 1 aromatic carbocycles. The van der Waals surface area contributed by atoms with E-state index in [2.05, 4.69) is 25.9 Å². The predicted octanol–water partition coefficient (Wildman–Crippen LogP) is 4.36. The smallest absolute Gasteiger partial charge is 0.141 e. The summed E-state index contributed by atoms with van der Waals surface area (Å²) in [6.45, 7) is 0. The Hall–Kier alpha value is -0.780. The van der Waals surface area contributed by atoms with Gasteiger partial charge in [0.1, 0.15) is 16.3 Å². The average molecular weight is 320 g/mol. The van der Waals surface area contributed by atoms with Crippen molar-refractivity contribution in [3.8, 4) is 11.4 Å². The van der Waals surface area contributed by atoms with E-state index >= 15 is 0 Å². The summed E-state index contributed by atoms with van der Waals surface area (Å²) in [5.74, 6) is 0.0937. The van der Waals surface area contributed by atoms with Crippen molar-refractivity contribution in [2.45, 2.75) is 0 Å². The molecule has 0 aliphatic heterocycles. The highest BCUT2D eigenvalue weighted by Crippen LogP contribution is 2.23. The van der Waals surface area contributed by atoms with Crippen molar-refractivity contribution in [3.63, 3.8) is 0 Å². The highest BCUT2D eigenvalue weighted by atomic mass is 79.9. The van der Waals surface area contributed by atoms with Gasteiger partial charge in [0.15, 0.2) is 0 Å². The van der Waals surface area contributed by atoms with Crippen LogP contribution in [0.25, 0.3) is 11.4 Å². The van der Waals surface area contributed by atoms with Crippen LogP contribution in [0.1, 0.15) is 0 Å². The zero-order valence-electron chi connectivity index (χ0n) is 7.80. The number of nitrogens with zero attached hydrogens (tertiary/aromatic N) is 1. The van der Waals surface area contributed by atoms with E-state index in [1.165, 1.54) is 12.1 Å². The lowest BCUT2D eigenvalue weighted by Gasteiger charge is -2.02. The first-order valence-corrected chi connectivity index (χ1v) is 5.86. The minimum Gasteiger partial charge on any atom is -0.330 e. The first-order valence-electron chi connectivity index (χ1n) is 4.28. The molecule has 0 radical (unpaired) electrons. The fraction of sp³-hybridized carbons (Fsp3) is 0. The van der Waals surface area contributed by atoms with E-state index in [1.54, 1.807) is 12.3 Å². The number of benzene rings is 1. The van der Waals surface area contributed by atoms with Crippen LogP contribution in [0.3, 0.4) is 0 Å². The first-order chi connectivity index (χ1) is 7.58. The third kappa shape index (κ3) is 2.31. The van der Waals surface area contributed by atoms with Crippen LogP contribution in [-0.4, -0.2) is 9.97 Å². The molecule has 16 heavy (non-hydrogen) atoms. The maximum atomic E-state index is 13.0. The van der Waals surface area contributed by atoms with E-state index in [0.29, 0.717) is 20.5 Å². The molecule has 0 saturated heterocycles. The average Bonchev–Trinajstić information content (AvgIpc) is 2.26. The van der Waals surface area contributed by atoms with Gasteiger partial charge in [-0.3, -0.25) is 0 Å². The van der Waals surface area contributed by atoms with Gasteiger partial charge in [-0.1, -0.05) is 23.8 Å². The molecule has 2 aromatic rings. The van der Waals surface area contributed by atoms with Gasteiger partial charge >= 0.3 is 0 Å². The molecule has 82 valence electrons. The van der Waals surface area contributed by atoms with E-state index in [4.69, 9.17) is 23.8 Å². The normalized spacial score (nSPS) is 10.4. The third-order valence-corrected chi connectivity index (χ3v) is 3.42. The summed E-state index contributed by atoms with van der Waals surface area (Å²) in [7, 11) is 0. The second-order valence-corrected chi connectivity index (χ2v) is 4.71. The van der Waals surface area contributed by atoms with Gasteiger partial charge in [-0.05, 0) is 34.1 Å². The van der Waals surface area contributed by atoms with E-state index in [1.807, 2.05) is 0 Å². The highest BCUT2D eigenvalue weighted by Gasteiger charge is 2.05. The maximum Gasteiger partial charge on any atom is 0.141 e. The topological polar surface area (TPSA) is 28.7 Å². The number of H-pyrrole nitrogens is 1. The van der Waals surface area contributed by atoms with Gasteiger partial charge in [0, 0.05) is 11.8 Å². The van der Waals surface area contributed by atoms with Crippen LogP contribution in [0.2, 0.25) is 5.02 Å². The number of halogens is 3. The molecule has 2 rings (SSSR count). The van der Waals surface area contributed by atoms with E-state index in [9.17, 15) is 4.39 Å². The van der Waals surface area contributed by atoms with Crippen LogP contribution < -0.4 is 0 Å². The first kappa shape index (κ1) is 11.7. The molecule has 0 spiro atoms. The summed E-state index contributed by atoms with van der Waals surface area (Å²) in [6.07, 6.45) is 1.59. The van der Waals surface area contributed by atoms with Crippen molar-refractivity contribution in [2.75, 3.05) is 0 Å². The molecule has 2 nitrogen and oxygen atoms in total. The largest absolute Gasteiger partial charge is 0.330 e. The fourth-order valence-electron chi connectivity index (χ4n) is 1.17. The number of hydrogen-bond donors (Lipinski definition) is 1. The van der Waals surface area contributed by atoms with Gasteiger partial charge in [0.2, 0.25) is 0 Å². The Balaban J connectivity index is 2.55. The molecule has 0 saturated carbocycles. The Morgan fingerprint density at radius 2 is 2.19 bits per heavy atom. The van der Waals surface area contributed by atoms with Gasteiger partial charge in [-0.2, -0.15) is 0 Å². The van der Waals surface area contributed by atoms with Crippen LogP contribution in [0, 0.1) is 10.5 Å². The van der Waals surface area contributed by atoms with Crippen LogP contribution in [0.15, 0.2) is 28.9 Å². The lowest BCUT2D eigenvalue weighted by molar-refractivity contribution is 0.628. The van der Waals surface area contributed by atoms with Crippen LogP contribution in [0.5, 0.6) is 0 Å². The third-order valence-electron chi connectivity index (χ3n) is 1.95. The molecule has 1 aromatic heterocycles. The van der Waals surface area contributed by atoms with Crippen LogP contribution in [-0.2, 0) is 0 Å². The van der Waals surface area contributed by atoms with Crippen LogP contribution >= 0.6 is 39.7 Å². The predicted molar refractivity (Wildman–Crippen MR) is 67.5 cm³/mol. The monoisotopic (exact) mass is 318 g/mol. The number of aromatic nitrogens is 2. The molecule has 0 fully saturated rings. The molecule has 0 aliphatic rings. The zero-order valence-corrected chi connectivity index (χ0v) is 11.0. The summed E-state index contributed by atoms with van der Waals surface area (Å²) in [4.78, 5) is 7.04. The summed E-state index contributed by atoms with van der Waals surface area (Å²) >= 11 is 14.0. The van der Waals surface area contributed by atoms with Crippen molar-refractivity contribution in [2.24, 2.45) is 0 Å². The minimum atomic E-state index is -0.457. The summed E-state index contributed by atoms with van der Waals surface area (Å²) < 4.78 is 14.2. The SMILES string of the molecule is Fc1ccc(-c2ncc(Br)c(=S)[nH]2)cc1Cl. The Morgan fingerprint density at radius 1 is 1.44 bits per heavy atom. The second kappa shape index (κ2) is 4.61. The molecule has 1 N–H and O–H groups in total. The van der Waals surface area contributed by atoms with Gasteiger partial charge in [-0.25, -0.2) is 9.37 Å². The van der Waals surface area contributed by atoms with E-state index in [-0.39, 0.29) is 5.02 Å². The molecular weight excluding hydrogens is 315 g/mol. The molecule has 0 atom stereocenters. The van der Waals surface area contributed by atoms with Gasteiger partial charge in [-0.15, -0.1) is 0 Å². The number of hydrogen-bond acceptors (Lipinski definition) is 2. The van der Waals surface area contributed by atoms with Crippen molar-refractivity contribution in [1.29, 1.82) is 0 Å². The fourth-order valence-corrected chi connectivity index (χ4v) is 1.70. The quantitative estimate of drug-likeness (QED) is 0.791. The van der Waals surface area contributed by atoms with Crippen molar-refractivity contribution >= 4 is 39.7 Å². The molecule has 0 amide bonds. The number of aromatic amines is 1.